The van der Waals surface area contributed by atoms with Gasteiger partial charge in [-0.2, -0.15) is 0 Å². The van der Waals surface area contributed by atoms with Crippen molar-refractivity contribution in [3.63, 3.8) is 0 Å². The molecule has 1 aromatic rings. The lowest BCUT2D eigenvalue weighted by Gasteiger charge is -2.22. The van der Waals surface area contributed by atoms with Crippen LogP contribution < -0.4 is 4.90 Å². The van der Waals surface area contributed by atoms with Crippen molar-refractivity contribution in [2.45, 2.75) is 13.3 Å². The lowest BCUT2D eigenvalue weighted by Crippen LogP contribution is -2.24. The molecule has 0 heterocycles. The van der Waals surface area contributed by atoms with E-state index in [1.165, 1.54) is 5.69 Å². The number of hydrogen-bond donors (Lipinski definition) is 0. The topological polar surface area (TPSA) is 52.0 Å². The summed E-state index contributed by atoms with van der Waals surface area (Å²) < 4.78 is 0. The Kier molecular flexibility index (Phi) is 5.12. The van der Waals surface area contributed by atoms with Crippen molar-refractivity contribution in [1.82, 2.24) is 0 Å². The van der Waals surface area contributed by atoms with Crippen LogP contribution in [0.5, 0.6) is 0 Å². The van der Waals surface area contributed by atoms with Gasteiger partial charge in [-0.1, -0.05) is 23.3 Å². The molecule has 0 radical (unpaired) electrons. The Hall–Kier alpha value is -1.67. The summed E-state index contributed by atoms with van der Waals surface area (Å²) in [7, 11) is 0. The molecule has 0 amide bonds. The molecule has 4 heteroatoms. The van der Waals surface area contributed by atoms with Crippen LogP contribution in [0.25, 0.3) is 10.4 Å². The van der Waals surface area contributed by atoms with Gasteiger partial charge in [0.05, 0.1) is 0 Å². The summed E-state index contributed by atoms with van der Waals surface area (Å²) in [5, 5.41) is 3.53. The minimum atomic E-state index is 0.569. The van der Waals surface area contributed by atoms with E-state index in [1.807, 2.05) is 18.2 Å². The zero-order valence-electron chi connectivity index (χ0n) is 9.00. The van der Waals surface area contributed by atoms with Crippen LogP contribution in [0.2, 0.25) is 0 Å². The summed E-state index contributed by atoms with van der Waals surface area (Å²) in [6.45, 7) is 4.60. The molecule has 0 saturated carbocycles. The molecule has 0 saturated heterocycles. The molecule has 4 nitrogen and oxygen atoms in total. The van der Waals surface area contributed by atoms with Crippen molar-refractivity contribution in [2.24, 2.45) is 5.11 Å². The molecular formula is C11H16N4. The maximum absolute atomic E-state index is 8.15. The lowest BCUT2D eigenvalue weighted by molar-refractivity contribution is 0.752. The molecule has 80 valence electrons. The maximum atomic E-state index is 8.15. The van der Waals surface area contributed by atoms with Crippen LogP contribution in [0, 0.1) is 0 Å². The number of nitrogens with zero attached hydrogens (tertiary/aromatic N) is 4. The first-order valence-electron chi connectivity index (χ1n) is 5.19. The van der Waals surface area contributed by atoms with E-state index in [4.69, 9.17) is 5.53 Å². The van der Waals surface area contributed by atoms with Crippen LogP contribution in [0.3, 0.4) is 0 Å². The average molecular weight is 204 g/mol. The van der Waals surface area contributed by atoms with Crippen LogP contribution in [0.15, 0.2) is 35.4 Å². The molecule has 0 spiro atoms. The van der Waals surface area contributed by atoms with E-state index >= 15 is 0 Å². The van der Waals surface area contributed by atoms with Crippen molar-refractivity contribution in [3.8, 4) is 0 Å². The van der Waals surface area contributed by atoms with Gasteiger partial charge in [-0.15, -0.1) is 0 Å². The molecule has 0 aliphatic heterocycles. The highest BCUT2D eigenvalue weighted by Crippen LogP contribution is 2.12. The molecule has 1 aromatic carbocycles. The Morgan fingerprint density at radius 1 is 1.33 bits per heavy atom. The van der Waals surface area contributed by atoms with Gasteiger partial charge in [-0.25, -0.2) is 0 Å². The molecule has 0 fully saturated rings. The Morgan fingerprint density at radius 2 is 2.07 bits per heavy atom. The van der Waals surface area contributed by atoms with Crippen LogP contribution in [-0.4, -0.2) is 19.6 Å². The minimum absolute atomic E-state index is 0.569. The van der Waals surface area contributed by atoms with E-state index in [0.717, 1.165) is 19.5 Å². The van der Waals surface area contributed by atoms with E-state index in [0.29, 0.717) is 6.54 Å². The SMILES string of the molecule is CCN(CCCN=[N+]=[N-])c1ccccc1. The normalized spacial score (nSPS) is 9.40. The first kappa shape index (κ1) is 11.4. The number of azide groups is 1. The van der Waals surface area contributed by atoms with Gasteiger partial charge < -0.3 is 4.90 Å². The first-order chi connectivity index (χ1) is 7.38. The molecule has 0 atom stereocenters. The second-order valence-corrected chi connectivity index (χ2v) is 3.22. The Balaban J connectivity index is 2.46. The number of anilines is 1. The van der Waals surface area contributed by atoms with Gasteiger partial charge in [0.1, 0.15) is 0 Å². The summed E-state index contributed by atoms with van der Waals surface area (Å²) in [6.07, 6.45) is 0.896. The van der Waals surface area contributed by atoms with Gasteiger partial charge in [-0.3, -0.25) is 0 Å². The van der Waals surface area contributed by atoms with Crippen LogP contribution in [0.4, 0.5) is 5.69 Å². The minimum Gasteiger partial charge on any atom is -0.372 e. The van der Waals surface area contributed by atoms with Gasteiger partial charge >= 0.3 is 0 Å². The largest absolute Gasteiger partial charge is 0.372 e. The Bertz CT molecular complexity index is 317. The lowest BCUT2D eigenvalue weighted by atomic mass is 10.2. The molecule has 0 aliphatic carbocycles. The molecule has 0 unspecified atom stereocenters. The number of rotatable bonds is 6. The summed E-state index contributed by atoms with van der Waals surface area (Å²) >= 11 is 0. The fraction of sp³-hybridized carbons (Fsp3) is 0.455. The third-order valence-electron chi connectivity index (χ3n) is 2.25. The highest BCUT2D eigenvalue weighted by atomic mass is 15.1. The van der Waals surface area contributed by atoms with Gasteiger partial charge in [0.25, 0.3) is 0 Å². The Morgan fingerprint density at radius 3 is 2.67 bits per heavy atom. The quantitative estimate of drug-likeness (QED) is 0.304. The van der Waals surface area contributed by atoms with E-state index in [2.05, 4.69) is 34.0 Å². The first-order valence-corrected chi connectivity index (χ1v) is 5.19. The van der Waals surface area contributed by atoms with Crippen LogP contribution >= 0.6 is 0 Å². The fourth-order valence-corrected chi connectivity index (χ4v) is 1.49. The van der Waals surface area contributed by atoms with E-state index in [9.17, 15) is 0 Å². The maximum Gasteiger partial charge on any atom is 0.0366 e. The second kappa shape index (κ2) is 6.74. The van der Waals surface area contributed by atoms with E-state index in [1.54, 1.807) is 0 Å². The summed E-state index contributed by atoms with van der Waals surface area (Å²) in [5.41, 5.74) is 9.37. The highest BCUT2D eigenvalue weighted by molar-refractivity contribution is 5.45. The van der Waals surface area contributed by atoms with Crippen molar-refractivity contribution < 1.29 is 0 Å². The standard InChI is InChI=1S/C11H16N4/c1-2-15(10-6-9-13-14-12)11-7-4-3-5-8-11/h3-5,7-8H,2,6,9-10H2,1H3. The van der Waals surface area contributed by atoms with Crippen molar-refractivity contribution in [3.05, 3.63) is 40.8 Å². The predicted octanol–water partition coefficient (Wildman–Crippen LogP) is 3.21. The molecule has 0 bridgehead atoms. The van der Waals surface area contributed by atoms with E-state index in [-0.39, 0.29) is 0 Å². The summed E-state index contributed by atoms with van der Waals surface area (Å²) in [5.74, 6) is 0. The third-order valence-corrected chi connectivity index (χ3v) is 2.25. The van der Waals surface area contributed by atoms with Gasteiger partial charge in [0.15, 0.2) is 0 Å². The van der Waals surface area contributed by atoms with E-state index < -0.39 is 0 Å². The Labute approximate surface area is 90.1 Å². The zero-order chi connectivity index (χ0) is 10.9. The summed E-state index contributed by atoms with van der Waals surface area (Å²) in [4.78, 5) is 5.01. The van der Waals surface area contributed by atoms with Gasteiger partial charge in [-0.05, 0) is 31.0 Å². The van der Waals surface area contributed by atoms with Gasteiger partial charge in [0, 0.05) is 30.2 Å². The predicted molar refractivity (Wildman–Crippen MR) is 63.0 cm³/mol. The van der Waals surface area contributed by atoms with Crippen LogP contribution in [-0.2, 0) is 0 Å². The molecule has 15 heavy (non-hydrogen) atoms. The summed E-state index contributed by atoms with van der Waals surface area (Å²) in [6, 6.07) is 10.3. The molecular weight excluding hydrogens is 188 g/mol. The zero-order valence-corrected chi connectivity index (χ0v) is 9.00. The monoisotopic (exact) mass is 204 g/mol. The number of para-hydroxylation sites is 1. The van der Waals surface area contributed by atoms with Crippen molar-refractivity contribution in [2.75, 3.05) is 24.5 Å². The van der Waals surface area contributed by atoms with Crippen LogP contribution in [0.1, 0.15) is 13.3 Å². The average Bonchev–Trinajstić information content (AvgIpc) is 2.30. The smallest absolute Gasteiger partial charge is 0.0366 e. The molecule has 0 aliphatic rings. The number of hydrogen-bond acceptors (Lipinski definition) is 2. The molecule has 1 rings (SSSR count). The third kappa shape index (κ3) is 3.92. The fourth-order valence-electron chi connectivity index (χ4n) is 1.49. The second-order valence-electron chi connectivity index (χ2n) is 3.22. The number of benzene rings is 1. The van der Waals surface area contributed by atoms with Gasteiger partial charge in [0.2, 0.25) is 0 Å². The van der Waals surface area contributed by atoms with Crippen molar-refractivity contribution >= 4 is 5.69 Å². The molecule has 0 aromatic heterocycles. The van der Waals surface area contributed by atoms with Crippen molar-refractivity contribution in [1.29, 1.82) is 0 Å². The molecule has 0 N–H and O–H groups in total. The highest BCUT2D eigenvalue weighted by Gasteiger charge is 2.01.